The molecule has 0 aliphatic carbocycles. The second-order valence-electron chi connectivity index (χ2n) is 5.10. The molecule has 6 heteroatoms. The van der Waals surface area contributed by atoms with E-state index in [9.17, 15) is 4.79 Å². The van der Waals surface area contributed by atoms with E-state index in [1.54, 1.807) is 24.5 Å². The first-order chi connectivity index (χ1) is 10.2. The molecule has 3 rings (SSSR count). The summed E-state index contributed by atoms with van der Waals surface area (Å²) in [6.45, 7) is 2.28. The minimum atomic E-state index is -0.928. The maximum Gasteiger partial charge on any atom is 0.267 e. The van der Waals surface area contributed by atoms with E-state index >= 15 is 0 Å². The molecule has 1 aliphatic rings. The van der Waals surface area contributed by atoms with Gasteiger partial charge in [-0.1, -0.05) is 11.2 Å². The van der Waals surface area contributed by atoms with Crippen molar-refractivity contribution in [2.45, 2.75) is 25.4 Å². The molecule has 0 fully saturated rings. The van der Waals surface area contributed by atoms with Crippen LogP contribution in [0.1, 0.15) is 24.0 Å². The van der Waals surface area contributed by atoms with Crippen LogP contribution in [0.5, 0.6) is 0 Å². The molecule has 3 heterocycles. The molecule has 1 N–H and O–H groups in total. The highest BCUT2D eigenvalue weighted by molar-refractivity contribution is 7.12. The normalized spacial score (nSPS) is 20.9. The molecule has 0 saturated carbocycles. The van der Waals surface area contributed by atoms with E-state index in [2.05, 4.69) is 10.5 Å². The molecule has 1 amide bonds. The largest absolute Gasteiger partial charge is 0.469 e. The molecule has 21 heavy (non-hydrogen) atoms. The molecule has 1 atom stereocenters. The highest BCUT2D eigenvalue weighted by atomic mass is 32.1. The standard InChI is InChI=1S/C15H16N2O3S/c1-15(10-12(17-20-15)13-5-3-9-21-13)14(18)16-7-6-11-4-2-8-19-11/h2-5,8-9H,6-7,10H2,1H3,(H,16,18)/t15-/m1/s1. The van der Waals surface area contributed by atoms with Crippen LogP contribution in [0.25, 0.3) is 0 Å². The molecular weight excluding hydrogens is 288 g/mol. The highest BCUT2D eigenvalue weighted by Gasteiger charge is 2.42. The van der Waals surface area contributed by atoms with E-state index in [-0.39, 0.29) is 5.91 Å². The number of hydrogen-bond donors (Lipinski definition) is 1. The number of nitrogens with one attached hydrogen (secondary N) is 1. The molecule has 0 unspecified atom stereocenters. The summed E-state index contributed by atoms with van der Waals surface area (Å²) in [6.07, 6.45) is 2.77. The molecule has 2 aromatic rings. The number of nitrogens with zero attached hydrogens (tertiary/aromatic N) is 1. The van der Waals surface area contributed by atoms with Gasteiger partial charge < -0.3 is 14.6 Å². The lowest BCUT2D eigenvalue weighted by Crippen LogP contribution is -2.45. The molecule has 0 aromatic carbocycles. The van der Waals surface area contributed by atoms with E-state index in [1.165, 1.54) is 0 Å². The molecule has 0 bridgehead atoms. The van der Waals surface area contributed by atoms with Gasteiger partial charge in [0.15, 0.2) is 0 Å². The lowest BCUT2D eigenvalue weighted by atomic mass is 9.98. The van der Waals surface area contributed by atoms with E-state index in [0.29, 0.717) is 19.4 Å². The summed E-state index contributed by atoms with van der Waals surface area (Å²) in [5.41, 5.74) is -0.101. The van der Waals surface area contributed by atoms with Crippen molar-refractivity contribution in [2.24, 2.45) is 5.16 Å². The maximum atomic E-state index is 12.3. The van der Waals surface area contributed by atoms with Crippen molar-refractivity contribution in [1.29, 1.82) is 0 Å². The van der Waals surface area contributed by atoms with Crippen molar-refractivity contribution >= 4 is 23.0 Å². The summed E-state index contributed by atoms with van der Waals surface area (Å²) in [5.74, 6) is 0.702. The number of carbonyl (C=O) groups excluding carboxylic acids is 1. The number of oxime groups is 1. The lowest BCUT2D eigenvalue weighted by Gasteiger charge is -2.20. The van der Waals surface area contributed by atoms with Gasteiger partial charge >= 0.3 is 0 Å². The van der Waals surface area contributed by atoms with Crippen LogP contribution in [-0.4, -0.2) is 23.8 Å². The Bertz CT molecular complexity index is 634. The summed E-state index contributed by atoms with van der Waals surface area (Å²) in [5, 5.41) is 8.92. The van der Waals surface area contributed by atoms with Crippen molar-refractivity contribution in [3.05, 3.63) is 46.5 Å². The second-order valence-corrected chi connectivity index (χ2v) is 6.05. The minimum absolute atomic E-state index is 0.149. The van der Waals surface area contributed by atoms with Crippen LogP contribution < -0.4 is 5.32 Å². The third kappa shape index (κ3) is 3.00. The van der Waals surface area contributed by atoms with Crippen LogP contribution in [-0.2, 0) is 16.1 Å². The Morgan fingerprint density at radius 3 is 3.10 bits per heavy atom. The lowest BCUT2D eigenvalue weighted by molar-refractivity contribution is -0.141. The van der Waals surface area contributed by atoms with Gasteiger partial charge in [-0.3, -0.25) is 4.79 Å². The third-order valence-corrected chi connectivity index (χ3v) is 4.30. The van der Waals surface area contributed by atoms with Crippen LogP contribution in [0.4, 0.5) is 0 Å². The van der Waals surface area contributed by atoms with E-state index in [4.69, 9.17) is 9.25 Å². The first-order valence-corrected chi connectivity index (χ1v) is 7.65. The zero-order valence-electron chi connectivity index (χ0n) is 11.7. The highest BCUT2D eigenvalue weighted by Crippen LogP contribution is 2.28. The molecule has 0 radical (unpaired) electrons. The predicted octanol–water partition coefficient (Wildman–Crippen LogP) is 2.58. The van der Waals surface area contributed by atoms with Gasteiger partial charge in [-0.25, -0.2) is 0 Å². The number of thiophene rings is 1. The number of hydrogen-bond acceptors (Lipinski definition) is 5. The van der Waals surface area contributed by atoms with Crippen molar-refractivity contribution < 1.29 is 14.0 Å². The van der Waals surface area contributed by atoms with Crippen LogP contribution in [0.3, 0.4) is 0 Å². The Morgan fingerprint density at radius 2 is 2.38 bits per heavy atom. The quantitative estimate of drug-likeness (QED) is 0.923. The molecule has 2 aromatic heterocycles. The van der Waals surface area contributed by atoms with Crippen LogP contribution in [0.15, 0.2) is 45.5 Å². The van der Waals surface area contributed by atoms with Crippen LogP contribution in [0, 0.1) is 0 Å². The predicted molar refractivity (Wildman–Crippen MR) is 80.4 cm³/mol. The molecule has 5 nitrogen and oxygen atoms in total. The van der Waals surface area contributed by atoms with E-state index in [0.717, 1.165) is 16.3 Å². The first kappa shape index (κ1) is 13.9. The van der Waals surface area contributed by atoms with Crippen molar-refractivity contribution in [2.75, 3.05) is 6.54 Å². The fourth-order valence-corrected chi connectivity index (χ4v) is 2.88. The van der Waals surface area contributed by atoms with E-state index < -0.39 is 5.60 Å². The molecule has 1 aliphatic heterocycles. The third-order valence-electron chi connectivity index (χ3n) is 3.39. The second kappa shape index (κ2) is 5.73. The SMILES string of the molecule is C[C@]1(C(=O)NCCc2ccco2)CC(c2cccs2)=NO1. The van der Waals surface area contributed by atoms with E-state index in [1.807, 2.05) is 29.6 Å². The number of amides is 1. The summed E-state index contributed by atoms with van der Waals surface area (Å²) < 4.78 is 5.23. The van der Waals surface area contributed by atoms with Gasteiger partial charge in [0.2, 0.25) is 5.60 Å². The number of rotatable bonds is 5. The number of furan rings is 1. The summed E-state index contributed by atoms with van der Waals surface area (Å²) in [7, 11) is 0. The maximum absolute atomic E-state index is 12.3. The average Bonchev–Trinajstić information content (AvgIpc) is 3.20. The zero-order chi connectivity index (χ0) is 14.7. The van der Waals surface area contributed by atoms with Gasteiger partial charge in [0.25, 0.3) is 5.91 Å². The molecular formula is C15H16N2O3S. The van der Waals surface area contributed by atoms with Gasteiger partial charge in [0.05, 0.1) is 11.1 Å². The monoisotopic (exact) mass is 304 g/mol. The van der Waals surface area contributed by atoms with Crippen molar-refractivity contribution in [3.8, 4) is 0 Å². The number of carbonyl (C=O) groups is 1. The van der Waals surface area contributed by atoms with Crippen LogP contribution in [0.2, 0.25) is 0 Å². The topological polar surface area (TPSA) is 63.8 Å². The van der Waals surface area contributed by atoms with Crippen LogP contribution >= 0.6 is 11.3 Å². The molecule has 0 saturated heterocycles. The fourth-order valence-electron chi connectivity index (χ4n) is 2.18. The summed E-state index contributed by atoms with van der Waals surface area (Å²) in [4.78, 5) is 18.7. The van der Waals surface area contributed by atoms with Gasteiger partial charge in [-0.15, -0.1) is 11.3 Å². The van der Waals surface area contributed by atoms with Gasteiger partial charge in [0.1, 0.15) is 11.5 Å². The van der Waals surface area contributed by atoms with Crippen molar-refractivity contribution in [1.82, 2.24) is 5.32 Å². The zero-order valence-corrected chi connectivity index (χ0v) is 12.5. The van der Waals surface area contributed by atoms with Gasteiger partial charge in [0, 0.05) is 19.4 Å². The molecule has 0 spiro atoms. The van der Waals surface area contributed by atoms with Gasteiger partial charge in [-0.05, 0) is 30.5 Å². The minimum Gasteiger partial charge on any atom is -0.469 e. The average molecular weight is 304 g/mol. The smallest absolute Gasteiger partial charge is 0.267 e. The summed E-state index contributed by atoms with van der Waals surface area (Å²) in [6, 6.07) is 7.66. The Kier molecular flexibility index (Phi) is 3.79. The Morgan fingerprint density at radius 1 is 1.48 bits per heavy atom. The first-order valence-electron chi connectivity index (χ1n) is 6.77. The Hall–Kier alpha value is -2.08. The van der Waals surface area contributed by atoms with Crippen molar-refractivity contribution in [3.63, 3.8) is 0 Å². The fraction of sp³-hybridized carbons (Fsp3) is 0.333. The van der Waals surface area contributed by atoms with Gasteiger partial charge in [-0.2, -0.15) is 0 Å². The Balaban J connectivity index is 1.53. The Labute approximate surface area is 126 Å². The molecule has 110 valence electrons. The summed E-state index contributed by atoms with van der Waals surface area (Å²) >= 11 is 1.59.